The summed E-state index contributed by atoms with van der Waals surface area (Å²) in [6, 6.07) is 6.26. The molecule has 1 rings (SSSR count). The molecule has 0 bridgehead atoms. The number of esters is 2. The predicted molar refractivity (Wildman–Crippen MR) is 81.4 cm³/mol. The minimum absolute atomic E-state index is 0.0856. The Morgan fingerprint density at radius 3 is 2.18 bits per heavy atom. The van der Waals surface area contributed by atoms with Crippen LogP contribution in [0.5, 0.6) is 0 Å². The molecular weight excluding hydrogens is 286 g/mol. The van der Waals surface area contributed by atoms with Gasteiger partial charge in [-0.15, -0.1) is 0 Å². The first-order chi connectivity index (χ1) is 10.5. The first kappa shape index (κ1) is 17.4. The van der Waals surface area contributed by atoms with E-state index in [4.69, 9.17) is 9.47 Å². The highest BCUT2D eigenvalue weighted by molar-refractivity contribution is 6.00. The molecule has 0 spiro atoms. The van der Waals surface area contributed by atoms with E-state index in [2.05, 4.69) is 11.9 Å². The summed E-state index contributed by atoms with van der Waals surface area (Å²) in [5, 5.41) is 2.61. The normalized spacial score (nSPS) is 9.73. The molecule has 6 heteroatoms. The summed E-state index contributed by atoms with van der Waals surface area (Å²) in [4.78, 5) is 34.6. The minimum Gasteiger partial charge on any atom is -0.463 e. The monoisotopic (exact) mass is 305 g/mol. The molecule has 0 aliphatic heterocycles. The third-order valence-corrected chi connectivity index (χ3v) is 2.62. The number of hydrogen-bond acceptors (Lipinski definition) is 5. The highest BCUT2D eigenvalue weighted by atomic mass is 16.5. The van der Waals surface area contributed by atoms with Crippen molar-refractivity contribution < 1.29 is 23.9 Å². The number of amides is 1. The van der Waals surface area contributed by atoms with Crippen LogP contribution in [0.25, 0.3) is 0 Å². The van der Waals surface area contributed by atoms with E-state index >= 15 is 0 Å². The van der Waals surface area contributed by atoms with Crippen LogP contribution in [-0.2, 0) is 19.1 Å². The number of rotatable bonds is 7. The number of carbonyl (C=O) groups is 3. The fraction of sp³-hybridized carbons (Fsp3) is 0.312. The molecule has 22 heavy (non-hydrogen) atoms. The summed E-state index contributed by atoms with van der Waals surface area (Å²) in [5.41, 5.74) is 0.994. The quantitative estimate of drug-likeness (QED) is 0.617. The molecule has 0 saturated carbocycles. The van der Waals surface area contributed by atoms with E-state index < -0.39 is 11.9 Å². The Morgan fingerprint density at radius 1 is 1.05 bits per heavy atom. The number of ether oxygens (including phenoxy) is 2. The smallest absolute Gasteiger partial charge is 0.338 e. The minimum atomic E-state index is -0.588. The lowest BCUT2D eigenvalue weighted by Crippen LogP contribution is -2.16. The Bertz CT molecular complexity index is 562. The van der Waals surface area contributed by atoms with Crippen LogP contribution in [0.15, 0.2) is 36.4 Å². The van der Waals surface area contributed by atoms with Crippen LogP contribution >= 0.6 is 0 Å². The summed E-state index contributed by atoms with van der Waals surface area (Å²) in [5.74, 6) is -1.40. The Labute approximate surface area is 129 Å². The maximum atomic E-state index is 11.8. The van der Waals surface area contributed by atoms with Crippen molar-refractivity contribution in [2.24, 2.45) is 0 Å². The molecule has 0 heterocycles. The summed E-state index contributed by atoms with van der Waals surface area (Å²) in [6.07, 6.45) is -0.154. The molecule has 1 N–H and O–H groups in total. The van der Waals surface area contributed by atoms with Gasteiger partial charge in [-0.05, 0) is 38.1 Å². The van der Waals surface area contributed by atoms with Gasteiger partial charge in [0.2, 0.25) is 5.91 Å². The average Bonchev–Trinajstić information content (AvgIpc) is 2.48. The number of hydrogen-bond donors (Lipinski definition) is 1. The van der Waals surface area contributed by atoms with Gasteiger partial charge in [0.15, 0.2) is 0 Å². The van der Waals surface area contributed by atoms with Gasteiger partial charge in [-0.2, -0.15) is 0 Å². The van der Waals surface area contributed by atoms with Crippen LogP contribution in [0.4, 0.5) is 5.69 Å². The average molecular weight is 305 g/mol. The van der Waals surface area contributed by atoms with Crippen molar-refractivity contribution >= 4 is 23.5 Å². The molecule has 1 aromatic rings. The molecule has 0 aliphatic rings. The van der Waals surface area contributed by atoms with Crippen molar-refractivity contribution in [3.8, 4) is 0 Å². The van der Waals surface area contributed by atoms with Gasteiger partial charge in [0.05, 0.1) is 25.2 Å². The van der Waals surface area contributed by atoms with Gasteiger partial charge in [-0.1, -0.05) is 6.58 Å². The maximum absolute atomic E-state index is 11.8. The molecular formula is C16H19NO5. The van der Waals surface area contributed by atoms with E-state index in [1.807, 2.05) is 0 Å². The summed E-state index contributed by atoms with van der Waals surface area (Å²) in [6.45, 7) is 7.45. The van der Waals surface area contributed by atoms with E-state index in [0.29, 0.717) is 17.9 Å². The van der Waals surface area contributed by atoms with Crippen molar-refractivity contribution in [3.05, 3.63) is 42.0 Å². The second-order valence-electron chi connectivity index (χ2n) is 4.35. The van der Waals surface area contributed by atoms with Crippen LogP contribution < -0.4 is 5.32 Å². The zero-order valence-electron chi connectivity index (χ0n) is 12.7. The van der Waals surface area contributed by atoms with E-state index in [0.717, 1.165) is 0 Å². The van der Waals surface area contributed by atoms with Crippen LogP contribution in [-0.4, -0.2) is 31.1 Å². The Balaban J connectivity index is 2.56. The Morgan fingerprint density at radius 2 is 1.64 bits per heavy atom. The lowest BCUT2D eigenvalue weighted by molar-refractivity contribution is -0.139. The van der Waals surface area contributed by atoms with Crippen LogP contribution in [0.2, 0.25) is 0 Å². The number of carbonyl (C=O) groups excluding carboxylic acids is 3. The van der Waals surface area contributed by atoms with E-state index in [1.165, 1.54) is 0 Å². The van der Waals surface area contributed by atoms with Crippen molar-refractivity contribution in [1.82, 2.24) is 0 Å². The second-order valence-corrected chi connectivity index (χ2v) is 4.35. The van der Waals surface area contributed by atoms with Gasteiger partial charge in [0.1, 0.15) is 0 Å². The summed E-state index contributed by atoms with van der Waals surface area (Å²) in [7, 11) is 0. The van der Waals surface area contributed by atoms with Gasteiger partial charge in [0, 0.05) is 11.3 Å². The van der Waals surface area contributed by atoms with Gasteiger partial charge >= 0.3 is 11.9 Å². The Hall–Kier alpha value is -2.63. The predicted octanol–water partition coefficient (Wildman–Crippen LogP) is 2.31. The van der Waals surface area contributed by atoms with Gasteiger partial charge < -0.3 is 14.8 Å². The van der Waals surface area contributed by atoms with Crippen molar-refractivity contribution in [1.29, 1.82) is 0 Å². The molecule has 1 aromatic carbocycles. The first-order valence-corrected chi connectivity index (χ1v) is 6.89. The van der Waals surface area contributed by atoms with Crippen molar-refractivity contribution in [2.45, 2.75) is 20.3 Å². The zero-order chi connectivity index (χ0) is 16.5. The van der Waals surface area contributed by atoms with Gasteiger partial charge in [-0.3, -0.25) is 4.79 Å². The highest BCUT2D eigenvalue weighted by Crippen LogP contribution is 2.12. The molecule has 0 saturated heterocycles. The summed E-state index contributed by atoms with van der Waals surface area (Å²) < 4.78 is 9.61. The topological polar surface area (TPSA) is 81.7 Å². The van der Waals surface area contributed by atoms with Crippen molar-refractivity contribution in [2.75, 3.05) is 18.5 Å². The van der Waals surface area contributed by atoms with Crippen LogP contribution in [0, 0.1) is 0 Å². The lowest BCUT2D eigenvalue weighted by Gasteiger charge is -2.08. The van der Waals surface area contributed by atoms with Crippen LogP contribution in [0.3, 0.4) is 0 Å². The fourth-order valence-electron chi connectivity index (χ4n) is 1.61. The molecule has 1 amide bonds. The number of anilines is 1. The standard InChI is InChI=1S/C16H19NO5/c1-4-21-15(19)11(3)10-14(18)17-13-8-6-12(7-9-13)16(20)22-5-2/h6-9H,3-5,10H2,1-2H3,(H,17,18). The molecule has 0 aromatic heterocycles. The van der Waals surface area contributed by atoms with E-state index in [-0.39, 0.29) is 24.5 Å². The van der Waals surface area contributed by atoms with Crippen molar-refractivity contribution in [3.63, 3.8) is 0 Å². The largest absolute Gasteiger partial charge is 0.463 e. The first-order valence-electron chi connectivity index (χ1n) is 6.89. The van der Waals surface area contributed by atoms with E-state index in [1.54, 1.807) is 38.1 Å². The highest BCUT2D eigenvalue weighted by Gasteiger charge is 2.13. The van der Waals surface area contributed by atoms with Crippen LogP contribution in [0.1, 0.15) is 30.6 Å². The van der Waals surface area contributed by atoms with E-state index in [9.17, 15) is 14.4 Å². The molecule has 0 fully saturated rings. The molecule has 0 atom stereocenters. The molecule has 118 valence electrons. The SMILES string of the molecule is C=C(CC(=O)Nc1ccc(C(=O)OCC)cc1)C(=O)OCC. The maximum Gasteiger partial charge on any atom is 0.338 e. The molecule has 0 radical (unpaired) electrons. The fourth-order valence-corrected chi connectivity index (χ4v) is 1.61. The molecule has 6 nitrogen and oxygen atoms in total. The Kier molecular flexibility index (Phi) is 6.82. The van der Waals surface area contributed by atoms with Gasteiger partial charge in [-0.25, -0.2) is 9.59 Å². The third kappa shape index (κ3) is 5.40. The number of nitrogens with one attached hydrogen (secondary N) is 1. The zero-order valence-corrected chi connectivity index (χ0v) is 12.7. The third-order valence-electron chi connectivity index (χ3n) is 2.62. The number of benzene rings is 1. The molecule has 0 unspecified atom stereocenters. The second kappa shape index (κ2) is 8.61. The molecule has 0 aliphatic carbocycles. The van der Waals surface area contributed by atoms with Gasteiger partial charge in [0.25, 0.3) is 0 Å². The summed E-state index contributed by atoms with van der Waals surface area (Å²) >= 11 is 0. The lowest BCUT2D eigenvalue weighted by atomic mass is 10.2.